The molecule has 0 saturated heterocycles. The van der Waals surface area contributed by atoms with Gasteiger partial charge in [-0.15, -0.1) is 0 Å². The second kappa shape index (κ2) is 5.55. The third kappa shape index (κ3) is 2.49. The third-order valence-electron chi connectivity index (χ3n) is 3.64. The molecule has 2 atom stereocenters. The number of benzene rings is 2. The molecule has 3 nitrogen and oxygen atoms in total. The smallest absolute Gasteiger partial charge is 0.123 e. The largest absolute Gasteiger partial charge is 0.494 e. The minimum absolute atomic E-state index is 0.00993. The van der Waals surface area contributed by atoms with Gasteiger partial charge in [0.2, 0.25) is 0 Å². The van der Waals surface area contributed by atoms with Crippen LogP contribution in [0.15, 0.2) is 48.5 Å². The van der Waals surface area contributed by atoms with Crippen LogP contribution in [0.25, 0.3) is 0 Å². The van der Waals surface area contributed by atoms with Crippen LogP contribution in [0, 0.1) is 0 Å². The van der Waals surface area contributed by atoms with Gasteiger partial charge in [0.1, 0.15) is 17.6 Å². The van der Waals surface area contributed by atoms with Gasteiger partial charge >= 0.3 is 0 Å². The van der Waals surface area contributed by atoms with Gasteiger partial charge in [0.25, 0.3) is 0 Å². The SMILES string of the molecule is CCOc1cccc(OC2Cc3ccccc3C2N)c1. The van der Waals surface area contributed by atoms with E-state index in [0.29, 0.717) is 6.61 Å². The molecule has 1 aliphatic carbocycles. The Bertz CT molecular complexity index is 597. The Balaban J connectivity index is 1.75. The Morgan fingerprint density at radius 2 is 1.90 bits per heavy atom. The molecule has 2 N–H and O–H groups in total. The Morgan fingerprint density at radius 3 is 2.70 bits per heavy atom. The Labute approximate surface area is 119 Å². The second-order valence-electron chi connectivity index (χ2n) is 4.99. The van der Waals surface area contributed by atoms with Gasteiger partial charge < -0.3 is 15.2 Å². The van der Waals surface area contributed by atoms with Crippen molar-refractivity contribution in [1.29, 1.82) is 0 Å². The quantitative estimate of drug-likeness (QED) is 0.927. The standard InChI is InChI=1S/C17H19NO2/c1-2-19-13-7-5-8-14(11-13)20-16-10-12-6-3-4-9-15(12)17(16)18/h3-9,11,16-17H,2,10,18H2,1H3. The molecule has 3 rings (SSSR count). The highest BCUT2D eigenvalue weighted by Gasteiger charge is 2.30. The summed E-state index contributed by atoms with van der Waals surface area (Å²) in [7, 11) is 0. The van der Waals surface area contributed by atoms with Crippen LogP contribution >= 0.6 is 0 Å². The average Bonchev–Trinajstić information content (AvgIpc) is 2.77. The number of ether oxygens (including phenoxy) is 2. The van der Waals surface area contributed by atoms with E-state index < -0.39 is 0 Å². The lowest BCUT2D eigenvalue weighted by molar-refractivity contribution is 0.184. The van der Waals surface area contributed by atoms with Gasteiger partial charge in [0.15, 0.2) is 0 Å². The van der Waals surface area contributed by atoms with E-state index in [1.807, 2.05) is 43.3 Å². The number of fused-ring (bicyclic) bond motifs is 1. The maximum Gasteiger partial charge on any atom is 0.123 e. The molecule has 3 heteroatoms. The average molecular weight is 269 g/mol. The molecule has 0 saturated carbocycles. The monoisotopic (exact) mass is 269 g/mol. The first-order valence-corrected chi connectivity index (χ1v) is 7.01. The summed E-state index contributed by atoms with van der Waals surface area (Å²) in [6.45, 7) is 2.62. The molecule has 0 fully saturated rings. The van der Waals surface area contributed by atoms with Crippen molar-refractivity contribution in [2.45, 2.75) is 25.5 Å². The highest BCUT2D eigenvalue weighted by molar-refractivity contribution is 5.38. The molecule has 0 bridgehead atoms. The van der Waals surface area contributed by atoms with Crippen LogP contribution in [0.4, 0.5) is 0 Å². The van der Waals surface area contributed by atoms with Crippen molar-refractivity contribution in [1.82, 2.24) is 0 Å². The lowest BCUT2D eigenvalue weighted by Gasteiger charge is -2.19. The van der Waals surface area contributed by atoms with Crippen LogP contribution in [-0.4, -0.2) is 12.7 Å². The van der Waals surface area contributed by atoms with Crippen molar-refractivity contribution < 1.29 is 9.47 Å². The molecule has 0 spiro atoms. The number of nitrogens with two attached hydrogens (primary N) is 1. The highest BCUT2D eigenvalue weighted by atomic mass is 16.5. The topological polar surface area (TPSA) is 44.5 Å². The third-order valence-corrected chi connectivity index (χ3v) is 3.64. The van der Waals surface area contributed by atoms with E-state index in [9.17, 15) is 0 Å². The van der Waals surface area contributed by atoms with Crippen molar-refractivity contribution in [3.63, 3.8) is 0 Å². The summed E-state index contributed by atoms with van der Waals surface area (Å²) in [4.78, 5) is 0. The molecule has 0 aromatic heterocycles. The Hall–Kier alpha value is -2.00. The summed E-state index contributed by atoms with van der Waals surface area (Å²) in [6.07, 6.45) is 0.847. The van der Waals surface area contributed by atoms with Gasteiger partial charge in [-0.25, -0.2) is 0 Å². The molecular formula is C17H19NO2. The number of hydrogen-bond acceptors (Lipinski definition) is 3. The van der Waals surface area contributed by atoms with Crippen LogP contribution < -0.4 is 15.2 Å². The first-order valence-electron chi connectivity index (χ1n) is 7.01. The molecule has 104 valence electrons. The molecular weight excluding hydrogens is 250 g/mol. The van der Waals surface area contributed by atoms with Crippen molar-refractivity contribution in [3.05, 3.63) is 59.7 Å². The van der Waals surface area contributed by atoms with Crippen LogP contribution in [0.1, 0.15) is 24.1 Å². The first kappa shape index (κ1) is 13.0. The number of rotatable bonds is 4. The van der Waals surface area contributed by atoms with Crippen molar-refractivity contribution >= 4 is 0 Å². The highest BCUT2D eigenvalue weighted by Crippen LogP contribution is 2.33. The first-order chi connectivity index (χ1) is 9.78. The molecule has 2 aromatic rings. The Morgan fingerprint density at radius 1 is 1.10 bits per heavy atom. The summed E-state index contributed by atoms with van der Waals surface area (Å²) >= 11 is 0. The van der Waals surface area contributed by atoms with E-state index in [0.717, 1.165) is 17.9 Å². The fourth-order valence-corrected chi connectivity index (χ4v) is 2.68. The van der Waals surface area contributed by atoms with Gasteiger partial charge in [-0.3, -0.25) is 0 Å². The van der Waals surface area contributed by atoms with Gasteiger partial charge in [0, 0.05) is 12.5 Å². The lowest BCUT2D eigenvalue weighted by Crippen LogP contribution is -2.27. The lowest BCUT2D eigenvalue weighted by atomic mass is 10.1. The minimum Gasteiger partial charge on any atom is -0.494 e. The zero-order valence-electron chi connectivity index (χ0n) is 11.6. The predicted molar refractivity (Wildman–Crippen MR) is 79.1 cm³/mol. The van der Waals surface area contributed by atoms with E-state index in [4.69, 9.17) is 15.2 Å². The van der Waals surface area contributed by atoms with E-state index in [-0.39, 0.29) is 12.1 Å². The van der Waals surface area contributed by atoms with Crippen LogP contribution in [0.2, 0.25) is 0 Å². The van der Waals surface area contributed by atoms with Crippen molar-refractivity contribution in [2.75, 3.05) is 6.61 Å². The normalized spacial score (nSPS) is 20.5. The fraction of sp³-hybridized carbons (Fsp3) is 0.294. The summed E-state index contributed by atoms with van der Waals surface area (Å²) < 4.78 is 11.5. The molecule has 0 heterocycles. The summed E-state index contributed by atoms with van der Waals surface area (Å²) in [5, 5.41) is 0. The molecule has 0 amide bonds. The van der Waals surface area contributed by atoms with E-state index in [2.05, 4.69) is 12.1 Å². The predicted octanol–water partition coefficient (Wildman–Crippen LogP) is 3.09. The van der Waals surface area contributed by atoms with E-state index in [1.165, 1.54) is 11.1 Å². The molecule has 1 aliphatic rings. The number of hydrogen-bond donors (Lipinski definition) is 1. The van der Waals surface area contributed by atoms with Crippen molar-refractivity contribution in [3.8, 4) is 11.5 Å². The summed E-state index contributed by atoms with van der Waals surface area (Å²) in [6, 6.07) is 15.9. The molecule has 20 heavy (non-hydrogen) atoms. The maximum absolute atomic E-state index is 6.28. The molecule has 2 aromatic carbocycles. The molecule has 0 aliphatic heterocycles. The van der Waals surface area contributed by atoms with Crippen LogP contribution in [0.5, 0.6) is 11.5 Å². The van der Waals surface area contributed by atoms with Gasteiger partial charge in [-0.1, -0.05) is 30.3 Å². The zero-order chi connectivity index (χ0) is 13.9. The minimum atomic E-state index is -0.0676. The van der Waals surface area contributed by atoms with Gasteiger partial charge in [0.05, 0.1) is 12.6 Å². The van der Waals surface area contributed by atoms with Gasteiger partial charge in [-0.05, 0) is 30.2 Å². The second-order valence-corrected chi connectivity index (χ2v) is 4.99. The van der Waals surface area contributed by atoms with E-state index >= 15 is 0 Å². The summed E-state index contributed by atoms with van der Waals surface area (Å²) in [5.41, 5.74) is 8.76. The maximum atomic E-state index is 6.28. The van der Waals surface area contributed by atoms with E-state index in [1.54, 1.807) is 0 Å². The van der Waals surface area contributed by atoms with Crippen molar-refractivity contribution in [2.24, 2.45) is 5.73 Å². The Kier molecular flexibility index (Phi) is 3.61. The van der Waals surface area contributed by atoms with Gasteiger partial charge in [-0.2, -0.15) is 0 Å². The summed E-state index contributed by atoms with van der Waals surface area (Å²) in [5.74, 6) is 1.64. The molecule has 2 unspecified atom stereocenters. The zero-order valence-corrected chi connectivity index (χ0v) is 11.6. The molecule has 0 radical (unpaired) electrons. The van der Waals surface area contributed by atoms with Crippen LogP contribution in [-0.2, 0) is 6.42 Å². The van der Waals surface area contributed by atoms with Crippen LogP contribution in [0.3, 0.4) is 0 Å². The fourth-order valence-electron chi connectivity index (χ4n) is 2.68.